The monoisotopic (exact) mass is 536 g/mol. The average molecular weight is 537 g/mol. The summed E-state index contributed by atoms with van der Waals surface area (Å²) in [5, 5.41) is 5.66. The molecule has 5 rings (SSSR count). The number of nitrogens with one attached hydrogen (secondary N) is 2. The number of nitrogens with zero attached hydrogens (tertiary/aromatic N) is 2. The van der Waals surface area contributed by atoms with E-state index in [1.807, 2.05) is 47.4 Å². The normalized spacial score (nSPS) is 14.7. The van der Waals surface area contributed by atoms with E-state index in [2.05, 4.69) is 27.8 Å². The Kier molecular flexibility index (Phi) is 8.33. The lowest BCUT2D eigenvalue weighted by atomic mass is 10.1. The lowest BCUT2D eigenvalue weighted by Gasteiger charge is -2.24. The van der Waals surface area contributed by atoms with Gasteiger partial charge in [0.25, 0.3) is 11.8 Å². The van der Waals surface area contributed by atoms with Crippen LogP contribution in [0.25, 0.3) is 0 Å². The summed E-state index contributed by atoms with van der Waals surface area (Å²) in [6.07, 6.45) is 4.16. The lowest BCUT2D eigenvalue weighted by molar-refractivity contribution is -0.128. The fourth-order valence-electron chi connectivity index (χ4n) is 4.43. The summed E-state index contributed by atoms with van der Waals surface area (Å²) in [4.78, 5) is 44.4. The average Bonchev–Trinajstić information content (AvgIpc) is 3.36. The molecule has 2 N–H and O–H groups in total. The molecule has 0 saturated carbocycles. The molecule has 2 heterocycles. The van der Waals surface area contributed by atoms with E-state index >= 15 is 0 Å². The van der Waals surface area contributed by atoms with Gasteiger partial charge in [-0.15, -0.1) is 11.8 Å². The van der Waals surface area contributed by atoms with E-state index in [1.54, 1.807) is 60.6 Å². The molecule has 1 saturated heterocycles. The maximum atomic E-state index is 13.1. The molecule has 1 aliphatic heterocycles. The SMILES string of the molecule is O=C(Nc1ccccc1C(=O)NCc1cccnc1)c1ccc([C@H]2SCC(=O)N2CCc2ccccc2)cc1. The minimum absolute atomic E-state index is 0.0810. The maximum absolute atomic E-state index is 13.1. The molecule has 196 valence electrons. The highest BCUT2D eigenvalue weighted by Gasteiger charge is 2.32. The van der Waals surface area contributed by atoms with E-state index < -0.39 is 0 Å². The summed E-state index contributed by atoms with van der Waals surface area (Å²) in [7, 11) is 0. The molecule has 0 unspecified atom stereocenters. The van der Waals surface area contributed by atoms with Crippen molar-refractivity contribution in [3.05, 3.63) is 131 Å². The fourth-order valence-corrected chi connectivity index (χ4v) is 5.65. The Balaban J connectivity index is 1.23. The number of rotatable bonds is 9. The molecular formula is C31H28N4O3S. The summed E-state index contributed by atoms with van der Waals surface area (Å²) in [5.41, 5.74) is 4.33. The predicted molar refractivity (Wildman–Crippen MR) is 153 cm³/mol. The largest absolute Gasteiger partial charge is 0.348 e. The standard InChI is InChI=1S/C31H28N4O3S/c36-28-21-39-31(35(28)18-16-22-7-2-1-3-8-22)25-14-12-24(13-15-25)29(37)34-27-11-5-4-10-26(27)30(38)33-20-23-9-6-17-32-19-23/h1-15,17,19,31H,16,18,20-21H2,(H,33,38)(H,34,37)/t31-/m1/s1. The number of amides is 3. The number of carbonyl (C=O) groups is 3. The first-order valence-corrected chi connectivity index (χ1v) is 13.8. The van der Waals surface area contributed by atoms with Crippen LogP contribution in [-0.2, 0) is 17.8 Å². The van der Waals surface area contributed by atoms with Gasteiger partial charge in [0.15, 0.2) is 0 Å². The minimum Gasteiger partial charge on any atom is -0.348 e. The van der Waals surface area contributed by atoms with Crippen LogP contribution in [0.5, 0.6) is 0 Å². The second-order valence-electron chi connectivity index (χ2n) is 9.15. The Labute approximate surface area is 231 Å². The Morgan fingerprint density at radius 3 is 2.38 bits per heavy atom. The number of pyridine rings is 1. The number of anilines is 1. The van der Waals surface area contributed by atoms with Crippen LogP contribution in [0.15, 0.2) is 103 Å². The van der Waals surface area contributed by atoms with Crippen LogP contribution in [0.3, 0.4) is 0 Å². The molecule has 0 radical (unpaired) electrons. The van der Waals surface area contributed by atoms with Crippen LogP contribution in [0.2, 0.25) is 0 Å². The van der Waals surface area contributed by atoms with Gasteiger partial charge in [0.1, 0.15) is 5.37 Å². The second-order valence-corrected chi connectivity index (χ2v) is 10.2. The van der Waals surface area contributed by atoms with Crippen molar-refractivity contribution < 1.29 is 14.4 Å². The van der Waals surface area contributed by atoms with Crippen LogP contribution in [0.4, 0.5) is 5.69 Å². The molecule has 3 amide bonds. The third-order valence-corrected chi connectivity index (χ3v) is 7.76. The van der Waals surface area contributed by atoms with E-state index in [9.17, 15) is 14.4 Å². The smallest absolute Gasteiger partial charge is 0.255 e. The van der Waals surface area contributed by atoms with E-state index in [0.29, 0.717) is 35.7 Å². The van der Waals surface area contributed by atoms with E-state index in [0.717, 1.165) is 17.5 Å². The highest BCUT2D eigenvalue weighted by Crippen LogP contribution is 2.38. The van der Waals surface area contributed by atoms with Gasteiger partial charge in [0, 0.05) is 31.0 Å². The molecular weight excluding hydrogens is 508 g/mol. The zero-order chi connectivity index (χ0) is 27.0. The summed E-state index contributed by atoms with van der Waals surface area (Å²) in [6.45, 7) is 0.975. The number of hydrogen-bond acceptors (Lipinski definition) is 5. The zero-order valence-corrected chi connectivity index (χ0v) is 22.1. The number of para-hydroxylation sites is 1. The van der Waals surface area contributed by atoms with Crippen LogP contribution in [-0.4, -0.2) is 39.9 Å². The van der Waals surface area contributed by atoms with Gasteiger partial charge in [-0.3, -0.25) is 19.4 Å². The van der Waals surface area contributed by atoms with Crippen molar-refractivity contribution >= 4 is 35.2 Å². The Hall–Kier alpha value is -4.43. The van der Waals surface area contributed by atoms with Crippen molar-refractivity contribution in [2.75, 3.05) is 17.6 Å². The number of aromatic nitrogens is 1. The summed E-state index contributed by atoms with van der Waals surface area (Å²) < 4.78 is 0. The van der Waals surface area contributed by atoms with Gasteiger partial charge in [-0.25, -0.2) is 0 Å². The van der Waals surface area contributed by atoms with Crippen molar-refractivity contribution in [1.82, 2.24) is 15.2 Å². The molecule has 1 atom stereocenters. The van der Waals surface area contributed by atoms with E-state index in [-0.39, 0.29) is 23.1 Å². The molecule has 7 nitrogen and oxygen atoms in total. The molecule has 39 heavy (non-hydrogen) atoms. The van der Waals surface area contributed by atoms with Crippen molar-refractivity contribution in [3.63, 3.8) is 0 Å². The van der Waals surface area contributed by atoms with Gasteiger partial charge in [0.05, 0.1) is 17.0 Å². The molecule has 1 aliphatic rings. The number of carbonyl (C=O) groups excluding carboxylic acids is 3. The Morgan fingerprint density at radius 1 is 0.872 bits per heavy atom. The molecule has 4 aromatic rings. The van der Waals surface area contributed by atoms with Gasteiger partial charge in [0.2, 0.25) is 5.91 Å². The van der Waals surface area contributed by atoms with Gasteiger partial charge < -0.3 is 15.5 Å². The van der Waals surface area contributed by atoms with Crippen molar-refractivity contribution in [1.29, 1.82) is 0 Å². The predicted octanol–water partition coefficient (Wildman–Crippen LogP) is 5.08. The van der Waals surface area contributed by atoms with Gasteiger partial charge in [-0.2, -0.15) is 0 Å². The number of benzene rings is 3. The molecule has 8 heteroatoms. The topological polar surface area (TPSA) is 91.4 Å². The highest BCUT2D eigenvalue weighted by atomic mass is 32.2. The first-order chi connectivity index (χ1) is 19.1. The first kappa shape index (κ1) is 26.2. The lowest BCUT2D eigenvalue weighted by Crippen LogP contribution is -2.30. The summed E-state index contributed by atoms with van der Waals surface area (Å²) in [5.74, 6) is -0.0312. The molecule has 1 aromatic heterocycles. The van der Waals surface area contributed by atoms with Gasteiger partial charge in [-0.1, -0.05) is 60.7 Å². The van der Waals surface area contributed by atoms with Crippen molar-refractivity contribution in [2.45, 2.75) is 18.3 Å². The van der Waals surface area contributed by atoms with Crippen molar-refractivity contribution in [3.8, 4) is 0 Å². The maximum Gasteiger partial charge on any atom is 0.255 e. The summed E-state index contributed by atoms with van der Waals surface area (Å²) >= 11 is 1.60. The number of hydrogen-bond donors (Lipinski definition) is 2. The highest BCUT2D eigenvalue weighted by molar-refractivity contribution is 8.00. The zero-order valence-electron chi connectivity index (χ0n) is 21.2. The van der Waals surface area contributed by atoms with E-state index in [1.165, 1.54) is 5.56 Å². The third kappa shape index (κ3) is 6.53. The molecule has 1 fully saturated rings. The summed E-state index contributed by atoms with van der Waals surface area (Å²) in [6, 6.07) is 28.0. The minimum atomic E-state index is -0.315. The second kappa shape index (κ2) is 12.4. The fraction of sp³-hybridized carbons (Fsp3) is 0.161. The Morgan fingerprint density at radius 2 is 1.62 bits per heavy atom. The van der Waals surface area contributed by atoms with Crippen LogP contribution < -0.4 is 10.6 Å². The third-order valence-electron chi connectivity index (χ3n) is 6.51. The van der Waals surface area contributed by atoms with Gasteiger partial charge in [-0.05, 0) is 53.4 Å². The molecule has 0 aliphatic carbocycles. The first-order valence-electron chi connectivity index (χ1n) is 12.7. The quantitative estimate of drug-likeness (QED) is 0.311. The van der Waals surface area contributed by atoms with Gasteiger partial charge >= 0.3 is 0 Å². The Bertz CT molecular complexity index is 1450. The molecule has 3 aromatic carbocycles. The van der Waals surface area contributed by atoms with E-state index in [4.69, 9.17) is 0 Å². The molecule has 0 spiro atoms. The van der Waals surface area contributed by atoms with Crippen LogP contribution >= 0.6 is 11.8 Å². The van der Waals surface area contributed by atoms with Crippen LogP contribution in [0, 0.1) is 0 Å². The molecule has 0 bridgehead atoms. The van der Waals surface area contributed by atoms with Crippen molar-refractivity contribution in [2.24, 2.45) is 0 Å². The van der Waals surface area contributed by atoms with Crippen LogP contribution in [0.1, 0.15) is 42.8 Å². The number of thioether (sulfide) groups is 1.